The number of aliphatic imine (C=N–C) groups is 2. The van der Waals surface area contributed by atoms with E-state index < -0.39 is 0 Å². The monoisotopic (exact) mass is 416 g/mol. The molecule has 31 heavy (non-hydrogen) atoms. The van der Waals surface area contributed by atoms with Gasteiger partial charge >= 0.3 is 0 Å². The summed E-state index contributed by atoms with van der Waals surface area (Å²) < 4.78 is 5.37. The molecule has 0 aliphatic rings. The minimum atomic E-state index is -0.142. The summed E-state index contributed by atoms with van der Waals surface area (Å²) in [5.41, 5.74) is 6.54. The third kappa shape index (κ3) is 9.49. The van der Waals surface area contributed by atoms with Gasteiger partial charge in [0.05, 0.1) is 24.5 Å². The molecule has 0 N–H and O–H groups in total. The zero-order valence-corrected chi connectivity index (χ0v) is 20.1. The van der Waals surface area contributed by atoms with Crippen molar-refractivity contribution in [2.75, 3.05) is 13.7 Å². The molecular formula is C28H36N2O. The van der Waals surface area contributed by atoms with Crippen molar-refractivity contribution in [1.82, 2.24) is 0 Å². The van der Waals surface area contributed by atoms with Crippen molar-refractivity contribution in [3.63, 3.8) is 0 Å². The van der Waals surface area contributed by atoms with Gasteiger partial charge in [-0.2, -0.15) is 0 Å². The Bertz CT molecular complexity index is 945. The van der Waals surface area contributed by atoms with Crippen LogP contribution in [0, 0.1) is 25.2 Å². The maximum absolute atomic E-state index is 5.80. The quantitative estimate of drug-likeness (QED) is 0.133. The number of rotatable bonds is 10. The summed E-state index contributed by atoms with van der Waals surface area (Å²) in [4.78, 5) is 8.93. The first-order chi connectivity index (χ1) is 14.8. The predicted octanol–water partition coefficient (Wildman–Crippen LogP) is 6.97. The minimum Gasteiger partial charge on any atom is -0.501 e. The molecule has 0 radical (unpaired) electrons. The Balaban J connectivity index is 3.60. The molecule has 3 nitrogen and oxygen atoms in total. The Morgan fingerprint density at radius 3 is 2.55 bits per heavy atom. The number of hydrogen-bond donors (Lipinski definition) is 0. The van der Waals surface area contributed by atoms with Crippen molar-refractivity contribution in [3.05, 3.63) is 76.6 Å². The molecule has 0 aliphatic heterocycles. The smallest absolute Gasteiger partial charge is 0.110 e. The first kappa shape index (κ1) is 25.9. The molecule has 0 saturated carbocycles. The van der Waals surface area contributed by atoms with E-state index in [0.717, 1.165) is 34.6 Å². The molecule has 1 unspecified atom stereocenters. The molecule has 0 aliphatic carbocycles. The van der Waals surface area contributed by atoms with E-state index in [-0.39, 0.29) is 5.92 Å². The Labute approximate surface area is 189 Å². The summed E-state index contributed by atoms with van der Waals surface area (Å²) in [7, 11) is 1.69. The van der Waals surface area contributed by atoms with Crippen LogP contribution in [-0.2, 0) is 4.74 Å². The Kier molecular flexibility index (Phi) is 11.7. The van der Waals surface area contributed by atoms with Gasteiger partial charge in [-0.05, 0) is 65.2 Å². The van der Waals surface area contributed by atoms with Crippen LogP contribution in [0.15, 0.2) is 75.5 Å². The largest absolute Gasteiger partial charge is 0.501 e. The molecule has 0 fully saturated rings. The fourth-order valence-electron chi connectivity index (χ4n) is 2.85. The Hall–Kier alpha value is -3.12. The van der Waals surface area contributed by atoms with E-state index in [0.29, 0.717) is 6.54 Å². The second kappa shape index (κ2) is 14.0. The van der Waals surface area contributed by atoms with Crippen LogP contribution in [0.2, 0.25) is 0 Å². The van der Waals surface area contributed by atoms with Crippen LogP contribution in [0.25, 0.3) is 5.57 Å². The van der Waals surface area contributed by atoms with Crippen LogP contribution < -0.4 is 0 Å². The van der Waals surface area contributed by atoms with Crippen LogP contribution in [0.1, 0.15) is 52.2 Å². The highest BCUT2D eigenvalue weighted by Gasteiger charge is 2.15. The van der Waals surface area contributed by atoms with Gasteiger partial charge in [0.1, 0.15) is 6.34 Å². The summed E-state index contributed by atoms with van der Waals surface area (Å²) in [5, 5.41) is 0. The zero-order valence-electron chi connectivity index (χ0n) is 20.1. The standard InChI is InChI=1S/C28H36N2O/c1-9-23(6)28(30-20-29-10-2)27(26-13-11-12-22(5)18-26)17-16-25(15-14-21(3)4)19-24(7)31-8/h1,11-15,17-20,23H,10,16H2,2-8H3/b24-19+,25-15-,27-17-,29-20?,30-28?. The third-order valence-corrected chi connectivity index (χ3v) is 4.61. The molecule has 164 valence electrons. The number of nitrogens with zero attached hydrogens (tertiary/aromatic N) is 2. The maximum Gasteiger partial charge on any atom is 0.110 e. The minimum absolute atomic E-state index is 0.142. The second-order valence-corrected chi connectivity index (χ2v) is 7.65. The van der Waals surface area contributed by atoms with Crippen molar-refractivity contribution < 1.29 is 4.74 Å². The van der Waals surface area contributed by atoms with E-state index in [1.54, 1.807) is 13.4 Å². The summed E-state index contributed by atoms with van der Waals surface area (Å²) in [6.07, 6.45) is 16.6. The lowest BCUT2D eigenvalue weighted by atomic mass is 9.90. The molecule has 0 heterocycles. The van der Waals surface area contributed by atoms with Gasteiger partial charge < -0.3 is 4.74 Å². The van der Waals surface area contributed by atoms with Crippen LogP contribution in [0.4, 0.5) is 0 Å². The van der Waals surface area contributed by atoms with Crippen molar-refractivity contribution in [2.24, 2.45) is 15.9 Å². The summed E-state index contributed by atoms with van der Waals surface area (Å²) >= 11 is 0. The zero-order chi connectivity index (χ0) is 23.2. The molecule has 1 atom stereocenters. The fraction of sp³-hybridized carbons (Fsp3) is 0.357. The van der Waals surface area contributed by atoms with Gasteiger partial charge in [-0.15, -0.1) is 6.42 Å². The normalized spacial score (nSPS) is 14.4. The van der Waals surface area contributed by atoms with E-state index in [4.69, 9.17) is 11.2 Å². The highest BCUT2D eigenvalue weighted by atomic mass is 16.5. The van der Waals surface area contributed by atoms with Gasteiger partial charge in [0.15, 0.2) is 0 Å². The van der Waals surface area contributed by atoms with Gasteiger partial charge in [-0.1, -0.05) is 59.6 Å². The fourth-order valence-corrected chi connectivity index (χ4v) is 2.85. The van der Waals surface area contributed by atoms with E-state index in [2.05, 4.69) is 85.2 Å². The molecule has 1 rings (SSSR count). The molecule has 1 aromatic rings. The van der Waals surface area contributed by atoms with E-state index >= 15 is 0 Å². The molecule has 0 aromatic heterocycles. The lowest BCUT2D eigenvalue weighted by molar-refractivity contribution is 0.293. The van der Waals surface area contributed by atoms with Crippen molar-refractivity contribution in [2.45, 2.75) is 48.0 Å². The van der Waals surface area contributed by atoms with Crippen molar-refractivity contribution >= 4 is 17.6 Å². The van der Waals surface area contributed by atoms with Crippen molar-refractivity contribution in [1.29, 1.82) is 0 Å². The van der Waals surface area contributed by atoms with Gasteiger partial charge in [0.25, 0.3) is 0 Å². The number of allylic oxidation sites excluding steroid dienone is 8. The molecule has 0 bridgehead atoms. The average Bonchev–Trinajstić information content (AvgIpc) is 2.75. The Morgan fingerprint density at radius 2 is 1.97 bits per heavy atom. The number of terminal acetylenes is 1. The van der Waals surface area contributed by atoms with Crippen molar-refractivity contribution in [3.8, 4) is 12.3 Å². The molecule has 0 amide bonds. The number of aryl methyl sites for hydroxylation is 1. The number of ether oxygens (including phenoxy) is 1. The summed E-state index contributed by atoms with van der Waals surface area (Å²) in [6, 6.07) is 8.42. The van der Waals surface area contributed by atoms with Gasteiger partial charge in [0.2, 0.25) is 0 Å². The first-order valence-corrected chi connectivity index (χ1v) is 10.7. The topological polar surface area (TPSA) is 34.0 Å². The lowest BCUT2D eigenvalue weighted by Gasteiger charge is -2.15. The summed E-state index contributed by atoms with van der Waals surface area (Å²) in [6.45, 7) is 12.9. The predicted molar refractivity (Wildman–Crippen MR) is 137 cm³/mol. The molecular weight excluding hydrogens is 380 g/mol. The van der Waals surface area contributed by atoms with Gasteiger partial charge in [-0.3, -0.25) is 4.99 Å². The molecule has 0 spiro atoms. The van der Waals surface area contributed by atoms with Crippen LogP contribution in [0.3, 0.4) is 0 Å². The lowest BCUT2D eigenvalue weighted by Crippen LogP contribution is -2.12. The molecule has 3 heteroatoms. The third-order valence-electron chi connectivity index (χ3n) is 4.61. The second-order valence-electron chi connectivity index (χ2n) is 7.65. The maximum atomic E-state index is 5.80. The number of methoxy groups -OCH3 is 1. The van der Waals surface area contributed by atoms with Gasteiger partial charge in [-0.25, -0.2) is 4.99 Å². The van der Waals surface area contributed by atoms with Crippen LogP contribution in [-0.4, -0.2) is 25.7 Å². The Morgan fingerprint density at radius 1 is 1.23 bits per heavy atom. The van der Waals surface area contributed by atoms with Crippen LogP contribution >= 0.6 is 0 Å². The highest BCUT2D eigenvalue weighted by Crippen LogP contribution is 2.24. The van der Waals surface area contributed by atoms with Gasteiger partial charge in [0, 0.05) is 12.1 Å². The first-order valence-electron chi connectivity index (χ1n) is 10.7. The van der Waals surface area contributed by atoms with E-state index in [9.17, 15) is 0 Å². The van der Waals surface area contributed by atoms with Crippen LogP contribution in [0.5, 0.6) is 0 Å². The molecule has 0 saturated heterocycles. The van der Waals surface area contributed by atoms with E-state index in [1.165, 1.54) is 11.1 Å². The average molecular weight is 417 g/mol. The summed E-state index contributed by atoms with van der Waals surface area (Å²) in [5.74, 6) is 3.56. The number of benzene rings is 1. The highest BCUT2D eigenvalue weighted by molar-refractivity contribution is 6.27. The number of hydrogen-bond acceptors (Lipinski definition) is 2. The van der Waals surface area contributed by atoms with E-state index in [1.807, 2.05) is 20.8 Å². The molecule has 1 aromatic carbocycles. The SMILES string of the molecule is C#CC(C)C(=NC=NCC)/C(=C\CC(=C/C=C(C)C)/C=C(\C)OC)c1cccc(C)c1.